The lowest BCUT2D eigenvalue weighted by atomic mass is 9.83. The second kappa shape index (κ2) is 43.2. The number of fused-ring (bicyclic) bond motifs is 7. The number of ketones is 2. The van der Waals surface area contributed by atoms with E-state index in [9.17, 15) is 38.7 Å². The van der Waals surface area contributed by atoms with E-state index in [0.717, 1.165) is 85.5 Å². The second-order valence-corrected chi connectivity index (χ2v) is 36.4. The fourth-order valence-corrected chi connectivity index (χ4v) is 19.6. The molecule has 7 aliphatic heterocycles. The lowest BCUT2D eigenvalue weighted by Crippen LogP contribution is -2.54. The highest BCUT2D eigenvalue weighted by Crippen LogP contribution is 2.38. The maximum Gasteiger partial charge on any atom is 0.410 e. The summed E-state index contributed by atoms with van der Waals surface area (Å²) in [6, 6.07) is 11.0. The monoisotopic (exact) mass is 1770 g/mol. The van der Waals surface area contributed by atoms with Gasteiger partial charge in [-0.25, -0.2) is 44.2 Å². The number of oxazole rings is 1. The summed E-state index contributed by atoms with van der Waals surface area (Å²) in [5.41, 5.74) is 22.5. The molecule has 1 saturated carbocycles. The lowest BCUT2D eigenvalue weighted by Gasteiger charge is -2.36. The van der Waals surface area contributed by atoms with Crippen molar-refractivity contribution in [3.8, 4) is 11.3 Å². The Hall–Kier alpha value is -11.0. The number of nitrogen functional groups attached to an aromatic ring is 2. The number of nitrogens with two attached hydrogens (primary N) is 2. The maximum absolute atomic E-state index is 14.6. The first kappa shape index (κ1) is 92.7. The molecule has 5 fully saturated rings. The van der Waals surface area contributed by atoms with Gasteiger partial charge in [-0.05, 0) is 180 Å². The van der Waals surface area contributed by atoms with E-state index in [1.165, 1.54) is 23.9 Å². The van der Waals surface area contributed by atoms with E-state index >= 15 is 0 Å². The number of allylic oxidation sites excluding steroid dienone is 6. The van der Waals surface area contributed by atoms with Crippen LogP contribution in [0.15, 0.2) is 113 Å². The highest BCUT2D eigenvalue weighted by atomic mass is 16.6. The molecule has 129 heavy (non-hydrogen) atoms. The van der Waals surface area contributed by atoms with Crippen LogP contribution >= 0.6 is 0 Å². The molecule has 2 bridgehead atoms. The number of carbonyl (C=O) groups excluding carboxylic acids is 7. The highest BCUT2D eigenvalue weighted by molar-refractivity contribution is 6.38. The quantitative estimate of drug-likeness (QED) is 0.0311. The van der Waals surface area contributed by atoms with E-state index in [1.54, 1.807) is 30.5 Å². The number of aliphatic hydroxyl groups excluding tert-OH is 1. The van der Waals surface area contributed by atoms with E-state index in [1.807, 2.05) is 90.9 Å². The van der Waals surface area contributed by atoms with Gasteiger partial charge in [0, 0.05) is 148 Å². The first-order chi connectivity index (χ1) is 62.5. The lowest BCUT2D eigenvalue weighted by molar-refractivity contribution is -0.167. The first-order valence-corrected chi connectivity index (χ1v) is 46.4. The number of Topliss-reactive ketones (excluding diaryl/α,β-unsaturated/α-hetero) is 2. The van der Waals surface area contributed by atoms with Crippen molar-refractivity contribution in [1.82, 2.24) is 69.2 Å². The van der Waals surface area contributed by atoms with Crippen molar-refractivity contribution in [2.45, 2.75) is 225 Å². The summed E-state index contributed by atoms with van der Waals surface area (Å²) in [5, 5.41) is 17.3. The average molecular weight is 1770 g/mol. The minimum Gasteiger partial charge on any atom is -0.461 e. The molecule has 0 spiro atoms. The third kappa shape index (κ3) is 23.1. The third-order valence-corrected chi connectivity index (χ3v) is 27.2. The minimum absolute atomic E-state index is 0.0488. The normalized spacial score (nSPS) is 26.2. The Morgan fingerprint density at radius 1 is 0.667 bits per heavy atom. The Morgan fingerprint density at radius 3 is 2.22 bits per heavy atom. The van der Waals surface area contributed by atoms with Gasteiger partial charge in [0.2, 0.25) is 23.6 Å². The van der Waals surface area contributed by atoms with Gasteiger partial charge in [-0.1, -0.05) is 75.4 Å². The summed E-state index contributed by atoms with van der Waals surface area (Å²) in [6.45, 7) is 19.1. The van der Waals surface area contributed by atoms with Gasteiger partial charge >= 0.3 is 12.1 Å². The molecule has 7 aromatic rings. The molecule has 5 aromatic heterocycles. The molecule has 690 valence electrons. The van der Waals surface area contributed by atoms with Gasteiger partial charge in [0.25, 0.3) is 17.8 Å². The summed E-state index contributed by atoms with van der Waals surface area (Å²) >= 11 is 0. The van der Waals surface area contributed by atoms with Crippen molar-refractivity contribution < 1.29 is 71.5 Å². The molecule has 33 heteroatoms. The Bertz CT molecular complexity index is 5240. The van der Waals surface area contributed by atoms with Crippen molar-refractivity contribution in [2.75, 3.05) is 127 Å². The number of anilines is 4. The summed E-state index contributed by atoms with van der Waals surface area (Å²) in [7, 11) is 3.10. The van der Waals surface area contributed by atoms with Crippen molar-refractivity contribution in [1.29, 1.82) is 0 Å². The van der Waals surface area contributed by atoms with Gasteiger partial charge < -0.3 is 78.8 Å². The SMILES string of the molecule is CO[C@H]1CC2CCCC(O2)C(=O)C(=O)N2CCCC[C@H]2C(=O)O[C@H](CCC2CCC(OC(=O)N3CCc4nc(N5CCN(C(=O)CCOCCN6CCN(c7ncc(C(=O)N8CCc9cc(Cn%10nc(-c%11ccc%12oc(N)nc%12c%11)c%11c(N)ncnc%11%10)ccc9C8)cn7)CC6)CC5)ncc4C3)CC2)CC[C@H](C)/C=C(\C)[C@@H](O)[C@@H](OC)C(=O)[C@H](C)C[C@H](C)/C=C/C=CC=C1C. The molecule has 2 unspecified atom stereocenters. The number of hydrogen-bond donors (Lipinski definition) is 3. The van der Waals surface area contributed by atoms with Crippen LogP contribution in [0.2, 0.25) is 0 Å². The summed E-state index contributed by atoms with van der Waals surface area (Å²) in [4.78, 5) is 144. The van der Waals surface area contributed by atoms with Gasteiger partial charge in [0.05, 0.1) is 61.6 Å². The zero-order valence-electron chi connectivity index (χ0n) is 75.6. The fraction of sp³-hybridized carbons (Fsp3) is 0.573. The van der Waals surface area contributed by atoms with Crippen molar-refractivity contribution >= 4 is 87.2 Å². The summed E-state index contributed by atoms with van der Waals surface area (Å²) < 4.78 is 44.1. The van der Waals surface area contributed by atoms with Crippen LogP contribution in [-0.4, -0.2) is 270 Å². The Balaban J connectivity index is 0.463. The van der Waals surface area contributed by atoms with Gasteiger partial charge in [-0.15, -0.1) is 0 Å². The van der Waals surface area contributed by atoms with Gasteiger partial charge in [-0.3, -0.25) is 28.9 Å². The molecule has 10 atom stereocenters. The number of methoxy groups -OCH3 is 2. The number of rotatable bonds is 18. The standard InChI is InChI=1S/C96H126N18O15/c1-60-14-9-8-10-15-62(3)80(123-6)52-74-16-13-18-79(126-74)86(118)91(120)113-34-12-11-17-77(113)92(121)127-72(26-19-61(2)49-64(5)85(117)87(124-7)84(116)63(4)48-60)27-21-65-22-28-73(29-23-65)128-96(122)112-36-32-75-71(58-112)55-101-95(105-75)110-43-41-108(42-44-110)81(115)33-46-125-47-45-107-37-39-109(40-38-107)94-99-53-70(54-100-94)90(119)111-35-31-67-50-66(20-24-69(67)57-111)56-114-89-82(88(97)102-59-103-89)83(106-114)68-25-30-78-76(51-68)104-93(98)129-78/h8-10,14-15,20,24-25,30,49-51,53-55,59-61,63,65,72-74,77,79-80,85,87,117H,11-13,16-19,21-23,26-29,31-48,52,56-58H2,1-7H3,(H2,98,104)(H2,97,102,103)/b10-8?,14-9+,62-15?,64-49+/t60-,61+,63-,65?,72+,73?,74?,77+,79?,80+,85-,87+/m1/s1. The molecule has 0 radical (unpaired) electrons. The largest absolute Gasteiger partial charge is 0.461 e. The molecule has 4 amide bonds. The second-order valence-electron chi connectivity index (χ2n) is 36.4. The number of ether oxygens (including phenoxy) is 6. The zero-order valence-corrected chi connectivity index (χ0v) is 75.6. The van der Waals surface area contributed by atoms with E-state index < -0.39 is 48.1 Å². The number of piperazine rings is 2. The number of piperidine rings is 1. The van der Waals surface area contributed by atoms with Gasteiger partial charge in [0.15, 0.2) is 17.0 Å². The van der Waals surface area contributed by atoms with Crippen LogP contribution < -0.4 is 21.3 Å². The number of hydrogen-bond acceptors (Lipinski definition) is 28. The van der Waals surface area contributed by atoms with Crippen molar-refractivity contribution in [3.05, 3.63) is 142 Å². The predicted molar refractivity (Wildman–Crippen MR) is 485 cm³/mol. The number of esters is 1. The van der Waals surface area contributed by atoms with Crippen LogP contribution in [-0.2, 0) is 84.9 Å². The molecule has 8 aliphatic rings. The number of benzene rings is 2. The Kier molecular flexibility index (Phi) is 31.0. The van der Waals surface area contributed by atoms with Crippen LogP contribution in [0.5, 0.6) is 0 Å². The summed E-state index contributed by atoms with van der Waals surface area (Å²) in [6.07, 6.45) is 25.0. The topological polar surface area (TPSA) is 391 Å². The van der Waals surface area contributed by atoms with Crippen molar-refractivity contribution in [3.63, 3.8) is 0 Å². The van der Waals surface area contributed by atoms with E-state index in [2.05, 4.69) is 70.8 Å². The van der Waals surface area contributed by atoms with E-state index in [4.69, 9.17) is 59.4 Å². The van der Waals surface area contributed by atoms with Crippen LogP contribution in [0.3, 0.4) is 0 Å². The fourth-order valence-electron chi connectivity index (χ4n) is 19.6. The summed E-state index contributed by atoms with van der Waals surface area (Å²) in [5.74, 6) is -0.729. The predicted octanol–water partition coefficient (Wildman–Crippen LogP) is 10.6. The van der Waals surface area contributed by atoms with Crippen LogP contribution in [0.1, 0.15) is 182 Å². The first-order valence-electron chi connectivity index (χ1n) is 46.4. The van der Waals surface area contributed by atoms with Gasteiger partial charge in [0.1, 0.15) is 59.9 Å². The molecular formula is C96H126N18O15. The highest BCUT2D eigenvalue weighted by Gasteiger charge is 2.43. The van der Waals surface area contributed by atoms with E-state index in [0.29, 0.717) is 225 Å². The number of nitrogens with zero attached hydrogens (tertiary/aromatic N) is 16. The number of cyclic esters (lactones) is 1. The van der Waals surface area contributed by atoms with Gasteiger partial charge in [-0.2, -0.15) is 10.1 Å². The van der Waals surface area contributed by atoms with E-state index in [-0.39, 0.29) is 84.7 Å². The molecule has 12 heterocycles. The number of carbonyl (C=O) groups is 7. The Labute approximate surface area is 753 Å². The Morgan fingerprint density at radius 2 is 1.43 bits per heavy atom. The van der Waals surface area contributed by atoms with Crippen LogP contribution in [0.25, 0.3) is 33.4 Å². The van der Waals surface area contributed by atoms with Crippen LogP contribution in [0.4, 0.5) is 28.5 Å². The number of aliphatic hydroxyl groups is 1. The molecule has 2 aromatic carbocycles. The zero-order chi connectivity index (χ0) is 90.4. The number of amides is 4. The smallest absolute Gasteiger partial charge is 0.410 e. The molecule has 33 nitrogen and oxygen atoms in total. The molecule has 4 saturated heterocycles. The van der Waals surface area contributed by atoms with Crippen molar-refractivity contribution in [2.24, 2.45) is 23.7 Å². The molecule has 15 rings (SSSR count). The minimum atomic E-state index is -1.17. The van der Waals surface area contributed by atoms with Crippen LogP contribution in [0, 0.1) is 23.7 Å². The maximum atomic E-state index is 14.6. The molecular weight excluding hydrogens is 1650 g/mol. The third-order valence-electron chi connectivity index (χ3n) is 27.2. The molecule has 1 aliphatic carbocycles. The average Bonchev–Trinajstić information content (AvgIpc) is 1.61. The molecule has 5 N–H and O–H groups in total. The number of aromatic nitrogens is 9.